The maximum atomic E-state index is 14.8. The molecule has 3 atom stereocenters. The molecule has 4 aliphatic rings. The maximum Gasteiger partial charge on any atom is 0.138 e. The molecule has 3 aromatic rings. The van der Waals surface area contributed by atoms with Crippen LogP contribution in [-0.4, -0.2) is 31.2 Å². The van der Waals surface area contributed by atoms with Crippen molar-refractivity contribution in [2.75, 3.05) is 26.3 Å². The van der Waals surface area contributed by atoms with Gasteiger partial charge in [0.05, 0.1) is 13.2 Å². The summed E-state index contributed by atoms with van der Waals surface area (Å²) in [6.45, 7) is 6.65. The average molecular weight is 649 g/mol. The van der Waals surface area contributed by atoms with E-state index in [0.717, 1.165) is 78.1 Å². The van der Waals surface area contributed by atoms with Crippen LogP contribution in [0, 0.1) is 11.8 Å². The largest absolute Gasteiger partial charge is 0.493 e. The molecule has 5 nitrogen and oxygen atoms in total. The zero-order chi connectivity index (χ0) is 29.1. The van der Waals surface area contributed by atoms with E-state index >= 15 is 0 Å². The second-order valence-corrected chi connectivity index (χ2v) is 12.5. The summed E-state index contributed by atoms with van der Waals surface area (Å²) in [5.74, 6) is 3.06. The van der Waals surface area contributed by atoms with Gasteiger partial charge in [0.1, 0.15) is 23.8 Å². The molecule has 0 aromatic heterocycles. The molecule has 0 amide bonds. The number of ether oxygens (including phenoxy) is 2. The van der Waals surface area contributed by atoms with Crippen LogP contribution in [0.2, 0.25) is 0 Å². The molecule has 0 radical (unpaired) electrons. The summed E-state index contributed by atoms with van der Waals surface area (Å²) in [7, 11) is 0. The van der Waals surface area contributed by atoms with Crippen molar-refractivity contribution >= 4 is 24.8 Å². The lowest BCUT2D eigenvalue weighted by atomic mass is 9.97. The number of fused-ring (bicyclic) bond motifs is 2. The molecule has 7 rings (SSSR count). The molecule has 2 aliphatic carbocycles. The number of rotatable bonds is 9. The molecule has 9 heteroatoms. The van der Waals surface area contributed by atoms with Crippen molar-refractivity contribution in [2.24, 2.45) is 17.6 Å². The summed E-state index contributed by atoms with van der Waals surface area (Å²) in [5, 5.41) is 3.05. The van der Waals surface area contributed by atoms with Crippen LogP contribution in [0.4, 0.5) is 8.78 Å². The van der Waals surface area contributed by atoms with Crippen LogP contribution in [-0.2, 0) is 19.6 Å². The van der Waals surface area contributed by atoms with E-state index in [9.17, 15) is 8.78 Å². The van der Waals surface area contributed by atoms with E-state index < -0.39 is 12.3 Å². The number of nitrogens with zero attached hydrogens (tertiary/aromatic N) is 1. The van der Waals surface area contributed by atoms with Gasteiger partial charge in [0, 0.05) is 38.8 Å². The van der Waals surface area contributed by atoms with Crippen LogP contribution < -0.4 is 20.5 Å². The van der Waals surface area contributed by atoms with Crippen molar-refractivity contribution in [3.05, 3.63) is 94.0 Å². The van der Waals surface area contributed by atoms with Gasteiger partial charge in [-0.1, -0.05) is 36.4 Å². The fourth-order valence-electron chi connectivity index (χ4n) is 5.59. The van der Waals surface area contributed by atoms with E-state index in [4.69, 9.17) is 15.2 Å². The number of nitrogens with two attached hydrogens (primary N) is 1. The third kappa shape index (κ3) is 9.30. The molecule has 2 heterocycles. The van der Waals surface area contributed by atoms with Crippen LogP contribution in [0.3, 0.4) is 0 Å². The first-order chi connectivity index (χ1) is 20.4. The summed E-state index contributed by atoms with van der Waals surface area (Å²) >= 11 is 0. The molecular formula is C35H45Cl2F2N3O2. The lowest BCUT2D eigenvalue weighted by Crippen LogP contribution is -2.31. The second-order valence-electron chi connectivity index (χ2n) is 12.5. The second kappa shape index (κ2) is 15.7. The van der Waals surface area contributed by atoms with Gasteiger partial charge < -0.3 is 20.5 Å². The smallest absolute Gasteiger partial charge is 0.138 e. The Bertz CT molecular complexity index is 1350. The first-order valence-corrected chi connectivity index (χ1v) is 15.5. The quantitative estimate of drug-likeness (QED) is 0.247. The number of nitrogens with one attached hydrogen (secondary N) is 1. The van der Waals surface area contributed by atoms with E-state index in [2.05, 4.69) is 34.5 Å². The molecule has 3 N–H and O–H groups in total. The highest BCUT2D eigenvalue weighted by Crippen LogP contribution is 2.35. The molecule has 2 fully saturated rings. The zero-order valence-electron chi connectivity index (χ0n) is 25.4. The standard InChI is InChI=1S/C22H27FN2O.C13H16FNO.2ClH/c1-15(24)18-6-4-16(5-7-18)11-25-12-19-8-9-20(26-14-17-2-3-17)10-21(19)22(23)13-25;14-13-7-15-6-10-3-4-11(5-12(10)13)16-8-9-1-2-9;;/h4-10,15,17,22H,2-3,11-14,24H2,1H3;3-5,9,13,15H,1-2,6-8H2;2*1H/t15-,22?;;;/m0.../s1. The Kier molecular flexibility index (Phi) is 12.3. The lowest BCUT2D eigenvalue weighted by molar-refractivity contribution is 0.158. The molecule has 240 valence electrons. The molecule has 0 saturated heterocycles. The summed E-state index contributed by atoms with van der Waals surface area (Å²) in [6.07, 6.45) is 3.22. The third-order valence-corrected chi connectivity index (χ3v) is 8.64. The Morgan fingerprint density at radius 3 is 1.95 bits per heavy atom. The molecular weight excluding hydrogens is 603 g/mol. The van der Waals surface area contributed by atoms with E-state index in [-0.39, 0.29) is 30.9 Å². The maximum absolute atomic E-state index is 14.8. The van der Waals surface area contributed by atoms with E-state index in [0.29, 0.717) is 19.0 Å². The molecule has 2 saturated carbocycles. The van der Waals surface area contributed by atoms with Gasteiger partial charge in [0.2, 0.25) is 0 Å². The fourth-order valence-corrected chi connectivity index (χ4v) is 5.59. The first kappa shape index (κ1) is 34.5. The van der Waals surface area contributed by atoms with Gasteiger partial charge in [-0.05, 0) is 102 Å². The molecule has 0 bridgehead atoms. The van der Waals surface area contributed by atoms with E-state index in [1.165, 1.54) is 31.2 Å². The minimum absolute atomic E-state index is 0. The summed E-state index contributed by atoms with van der Waals surface area (Å²) < 4.78 is 39.9. The topological polar surface area (TPSA) is 59.8 Å². The molecule has 0 spiro atoms. The molecule has 2 unspecified atom stereocenters. The van der Waals surface area contributed by atoms with Crippen LogP contribution >= 0.6 is 24.8 Å². The third-order valence-electron chi connectivity index (χ3n) is 8.64. The predicted octanol–water partition coefficient (Wildman–Crippen LogP) is 7.95. The molecule has 44 heavy (non-hydrogen) atoms. The Balaban J connectivity index is 0.000000212. The lowest BCUT2D eigenvalue weighted by Gasteiger charge is -2.31. The highest BCUT2D eigenvalue weighted by atomic mass is 35.5. The SMILES string of the molecule is C[C@H](N)c1ccc(CN2Cc3ccc(OCC4CC4)cc3C(F)C2)cc1.Cl.Cl.FC1CNCc2ccc(OCC3CC3)cc21. The number of hydrogen-bond acceptors (Lipinski definition) is 5. The van der Waals surface area contributed by atoms with Gasteiger partial charge in [-0.15, -0.1) is 24.8 Å². The van der Waals surface area contributed by atoms with Gasteiger partial charge in [-0.2, -0.15) is 0 Å². The van der Waals surface area contributed by atoms with Gasteiger partial charge in [0.25, 0.3) is 0 Å². The van der Waals surface area contributed by atoms with E-state index in [1.807, 2.05) is 43.3 Å². The van der Waals surface area contributed by atoms with Crippen molar-refractivity contribution < 1.29 is 18.3 Å². The minimum Gasteiger partial charge on any atom is -0.493 e. The monoisotopic (exact) mass is 647 g/mol. The van der Waals surface area contributed by atoms with Crippen molar-refractivity contribution in [2.45, 2.75) is 70.6 Å². The highest BCUT2D eigenvalue weighted by molar-refractivity contribution is 5.85. The highest BCUT2D eigenvalue weighted by Gasteiger charge is 2.27. The van der Waals surface area contributed by atoms with Crippen molar-refractivity contribution in [3.63, 3.8) is 0 Å². The summed E-state index contributed by atoms with van der Waals surface area (Å²) in [6, 6.07) is 20.0. The molecule has 2 aliphatic heterocycles. The fraction of sp³-hybridized carbons (Fsp3) is 0.486. The number of halogens is 4. The van der Waals surface area contributed by atoms with Gasteiger partial charge in [0.15, 0.2) is 0 Å². The van der Waals surface area contributed by atoms with Crippen LogP contribution in [0.5, 0.6) is 11.5 Å². The van der Waals surface area contributed by atoms with Gasteiger partial charge in [-0.3, -0.25) is 4.90 Å². The Morgan fingerprint density at radius 2 is 1.39 bits per heavy atom. The number of benzene rings is 3. The Hall–Kier alpha value is -2.42. The van der Waals surface area contributed by atoms with Crippen molar-refractivity contribution in [3.8, 4) is 11.5 Å². The first-order valence-electron chi connectivity index (χ1n) is 15.5. The van der Waals surface area contributed by atoms with Crippen LogP contribution in [0.1, 0.15) is 84.4 Å². The van der Waals surface area contributed by atoms with Gasteiger partial charge >= 0.3 is 0 Å². The van der Waals surface area contributed by atoms with Crippen LogP contribution in [0.15, 0.2) is 60.7 Å². The van der Waals surface area contributed by atoms with Crippen LogP contribution in [0.25, 0.3) is 0 Å². The Labute approximate surface area is 272 Å². The minimum atomic E-state index is -0.966. The van der Waals surface area contributed by atoms with Crippen molar-refractivity contribution in [1.29, 1.82) is 0 Å². The zero-order valence-corrected chi connectivity index (χ0v) is 27.0. The predicted molar refractivity (Wildman–Crippen MR) is 176 cm³/mol. The summed E-state index contributed by atoms with van der Waals surface area (Å²) in [4.78, 5) is 2.17. The number of alkyl halides is 2. The summed E-state index contributed by atoms with van der Waals surface area (Å²) in [5.41, 5.74) is 11.9. The number of hydrogen-bond donors (Lipinski definition) is 2. The van der Waals surface area contributed by atoms with Gasteiger partial charge in [-0.25, -0.2) is 8.78 Å². The molecule has 3 aromatic carbocycles. The van der Waals surface area contributed by atoms with E-state index in [1.54, 1.807) is 0 Å². The average Bonchev–Trinajstić information content (AvgIpc) is 3.92. The van der Waals surface area contributed by atoms with Crippen molar-refractivity contribution in [1.82, 2.24) is 10.2 Å². The normalized spacial score (nSPS) is 21.3. The Morgan fingerprint density at radius 1 is 0.818 bits per heavy atom.